The molecule has 1 aliphatic carbocycles. The van der Waals surface area contributed by atoms with Gasteiger partial charge < -0.3 is 4.74 Å². The molecule has 1 aromatic rings. The lowest BCUT2D eigenvalue weighted by Gasteiger charge is -2.24. The molecule has 2 heterocycles. The summed E-state index contributed by atoms with van der Waals surface area (Å²) in [6.45, 7) is 8.24. The molecule has 2 bridgehead atoms. The van der Waals surface area contributed by atoms with E-state index in [4.69, 9.17) is 4.74 Å². The summed E-state index contributed by atoms with van der Waals surface area (Å²) in [5.74, 6) is -0.290. The molecule has 23 heavy (non-hydrogen) atoms. The van der Waals surface area contributed by atoms with Crippen molar-refractivity contribution in [2.75, 3.05) is 0 Å². The highest BCUT2D eigenvalue weighted by Gasteiger charge is 2.65. The average molecular weight is 312 g/mol. The van der Waals surface area contributed by atoms with Gasteiger partial charge in [0, 0.05) is 0 Å². The van der Waals surface area contributed by atoms with Crippen LogP contribution in [-0.2, 0) is 14.3 Å². The minimum Gasteiger partial charge on any atom is -0.373 e. The van der Waals surface area contributed by atoms with Crippen LogP contribution >= 0.6 is 0 Å². The van der Waals surface area contributed by atoms with Crippen molar-refractivity contribution >= 4 is 11.6 Å². The number of carbonyl (C=O) groups excluding carboxylic acids is 2. The second kappa shape index (κ2) is 5.01. The standard InChI is InChI=1S/C20H24O3/c1-5-12-8-13-15-17(20(12)23-13)19(22)16(18(15)21)14-10(3)6-9(2)7-11(14)4/h6-7,12-13,15-17,20H,5,8H2,1-4H3/t12-,13-,15-,16?,17+,20+/m0/s1. The van der Waals surface area contributed by atoms with Crippen LogP contribution in [0.15, 0.2) is 12.1 Å². The highest BCUT2D eigenvalue weighted by molar-refractivity contribution is 6.17. The maximum Gasteiger partial charge on any atom is 0.154 e. The molecule has 3 aliphatic rings. The Bertz CT molecular complexity index is 682. The summed E-state index contributed by atoms with van der Waals surface area (Å²) in [6.07, 6.45) is 1.92. The molecule has 3 fully saturated rings. The monoisotopic (exact) mass is 312 g/mol. The van der Waals surface area contributed by atoms with Crippen LogP contribution in [0, 0.1) is 38.5 Å². The van der Waals surface area contributed by atoms with Crippen molar-refractivity contribution in [3.05, 3.63) is 34.4 Å². The van der Waals surface area contributed by atoms with Crippen LogP contribution in [0.2, 0.25) is 0 Å². The van der Waals surface area contributed by atoms with Crippen molar-refractivity contribution in [2.24, 2.45) is 17.8 Å². The molecule has 6 atom stereocenters. The van der Waals surface area contributed by atoms with Gasteiger partial charge >= 0.3 is 0 Å². The molecule has 2 aliphatic heterocycles. The number of fused-ring (bicyclic) bond motifs is 5. The predicted molar refractivity (Wildman–Crippen MR) is 87.4 cm³/mol. The number of hydrogen-bond donors (Lipinski definition) is 0. The van der Waals surface area contributed by atoms with E-state index in [1.54, 1.807) is 0 Å². The summed E-state index contributed by atoms with van der Waals surface area (Å²) in [6, 6.07) is 4.16. The molecule has 0 radical (unpaired) electrons. The molecule has 0 aromatic heterocycles. The van der Waals surface area contributed by atoms with Gasteiger partial charge in [0.2, 0.25) is 0 Å². The minimum absolute atomic E-state index is 0.0255. The van der Waals surface area contributed by atoms with Gasteiger partial charge in [0.1, 0.15) is 5.92 Å². The fourth-order valence-corrected chi connectivity index (χ4v) is 5.40. The lowest BCUT2D eigenvalue weighted by molar-refractivity contribution is -0.127. The van der Waals surface area contributed by atoms with Gasteiger partial charge in [-0.25, -0.2) is 0 Å². The fourth-order valence-electron chi connectivity index (χ4n) is 5.40. The molecule has 0 amide bonds. The first-order valence-electron chi connectivity index (χ1n) is 8.74. The van der Waals surface area contributed by atoms with Crippen LogP contribution in [0.4, 0.5) is 0 Å². The Morgan fingerprint density at radius 2 is 1.65 bits per heavy atom. The number of aryl methyl sites for hydroxylation is 3. The van der Waals surface area contributed by atoms with Gasteiger partial charge in [0.15, 0.2) is 11.6 Å². The maximum atomic E-state index is 13.1. The van der Waals surface area contributed by atoms with Gasteiger partial charge in [-0.1, -0.05) is 31.0 Å². The molecule has 3 heteroatoms. The smallest absolute Gasteiger partial charge is 0.154 e. The summed E-state index contributed by atoms with van der Waals surface area (Å²) in [5, 5.41) is 0. The first-order valence-corrected chi connectivity index (χ1v) is 8.74. The third-order valence-corrected chi connectivity index (χ3v) is 6.25. The van der Waals surface area contributed by atoms with E-state index >= 15 is 0 Å². The van der Waals surface area contributed by atoms with Crippen molar-refractivity contribution in [3.63, 3.8) is 0 Å². The van der Waals surface area contributed by atoms with Crippen LogP contribution in [0.25, 0.3) is 0 Å². The number of ketones is 2. The lowest BCUT2D eigenvalue weighted by atomic mass is 9.74. The molecule has 1 aromatic carbocycles. The quantitative estimate of drug-likeness (QED) is 0.787. The number of carbonyl (C=O) groups is 2. The fraction of sp³-hybridized carbons (Fsp3) is 0.600. The van der Waals surface area contributed by atoms with Crippen LogP contribution in [0.5, 0.6) is 0 Å². The van der Waals surface area contributed by atoms with Crippen LogP contribution in [0.3, 0.4) is 0 Å². The number of ether oxygens (including phenoxy) is 1. The highest BCUT2D eigenvalue weighted by Crippen LogP contribution is 2.55. The van der Waals surface area contributed by atoms with Crippen molar-refractivity contribution in [1.82, 2.24) is 0 Å². The number of hydrogen-bond acceptors (Lipinski definition) is 3. The zero-order chi connectivity index (χ0) is 16.5. The SMILES string of the molecule is CC[C@H]1C[C@@H]2O[C@H]1[C@H]1C(=O)C(c3c(C)cc(C)cc3C)C(=O)[C@H]12. The molecule has 0 N–H and O–H groups in total. The van der Waals surface area contributed by atoms with Gasteiger partial charge in [-0.05, 0) is 49.8 Å². The molecule has 3 nitrogen and oxygen atoms in total. The Morgan fingerprint density at radius 1 is 1.04 bits per heavy atom. The summed E-state index contributed by atoms with van der Waals surface area (Å²) in [5.41, 5.74) is 4.26. The van der Waals surface area contributed by atoms with Crippen molar-refractivity contribution in [1.29, 1.82) is 0 Å². The Labute approximate surface area is 137 Å². The number of Topliss-reactive ketones (excluding diaryl/α,β-unsaturated/α-hetero) is 2. The summed E-state index contributed by atoms with van der Waals surface area (Å²) in [7, 11) is 0. The topological polar surface area (TPSA) is 43.4 Å². The van der Waals surface area contributed by atoms with Crippen LogP contribution in [-0.4, -0.2) is 23.8 Å². The Morgan fingerprint density at radius 3 is 2.26 bits per heavy atom. The zero-order valence-electron chi connectivity index (χ0n) is 14.3. The largest absolute Gasteiger partial charge is 0.373 e. The Hall–Kier alpha value is -1.48. The van der Waals surface area contributed by atoms with E-state index in [0.29, 0.717) is 5.92 Å². The molecular formula is C20H24O3. The normalized spacial score (nSPS) is 38.4. The second-order valence-corrected chi connectivity index (χ2v) is 7.64. The van der Waals surface area contributed by atoms with E-state index in [1.165, 1.54) is 5.56 Å². The second-order valence-electron chi connectivity index (χ2n) is 7.64. The number of rotatable bonds is 2. The zero-order valence-corrected chi connectivity index (χ0v) is 14.3. The van der Waals surface area contributed by atoms with Crippen LogP contribution < -0.4 is 0 Å². The Kier molecular flexibility index (Phi) is 3.28. The molecule has 4 rings (SSSR count). The van der Waals surface area contributed by atoms with E-state index in [-0.39, 0.29) is 35.6 Å². The summed E-state index contributed by atoms with van der Waals surface area (Å²) in [4.78, 5) is 26.2. The predicted octanol–water partition coefficient (Wildman–Crippen LogP) is 3.28. The molecule has 122 valence electrons. The van der Waals surface area contributed by atoms with Gasteiger partial charge in [0.25, 0.3) is 0 Å². The van der Waals surface area contributed by atoms with E-state index in [1.807, 2.05) is 13.8 Å². The van der Waals surface area contributed by atoms with E-state index in [2.05, 4.69) is 26.0 Å². The van der Waals surface area contributed by atoms with Crippen molar-refractivity contribution in [3.8, 4) is 0 Å². The van der Waals surface area contributed by atoms with E-state index < -0.39 is 5.92 Å². The molecule has 1 unspecified atom stereocenters. The molecule has 0 spiro atoms. The first-order chi connectivity index (χ1) is 10.9. The minimum atomic E-state index is -0.560. The number of benzene rings is 1. The highest BCUT2D eigenvalue weighted by atomic mass is 16.5. The maximum absolute atomic E-state index is 13.1. The average Bonchev–Trinajstić information content (AvgIpc) is 3.12. The van der Waals surface area contributed by atoms with Crippen LogP contribution in [0.1, 0.15) is 47.9 Å². The first kappa shape index (κ1) is 15.1. The van der Waals surface area contributed by atoms with Gasteiger partial charge in [-0.2, -0.15) is 0 Å². The van der Waals surface area contributed by atoms with Crippen molar-refractivity contribution < 1.29 is 14.3 Å². The van der Waals surface area contributed by atoms with E-state index in [9.17, 15) is 9.59 Å². The van der Waals surface area contributed by atoms with E-state index in [0.717, 1.165) is 29.5 Å². The molecule has 2 saturated heterocycles. The third-order valence-electron chi connectivity index (χ3n) is 6.25. The summed E-state index contributed by atoms with van der Waals surface area (Å²) >= 11 is 0. The lowest BCUT2D eigenvalue weighted by Crippen LogP contribution is -2.34. The van der Waals surface area contributed by atoms with Gasteiger partial charge in [-0.3, -0.25) is 9.59 Å². The van der Waals surface area contributed by atoms with Gasteiger partial charge in [-0.15, -0.1) is 0 Å². The molecular weight excluding hydrogens is 288 g/mol. The van der Waals surface area contributed by atoms with Crippen molar-refractivity contribution in [2.45, 2.75) is 58.7 Å². The Balaban J connectivity index is 1.76. The molecule has 1 saturated carbocycles. The summed E-state index contributed by atoms with van der Waals surface area (Å²) < 4.78 is 6.01. The van der Waals surface area contributed by atoms with Gasteiger partial charge in [0.05, 0.1) is 24.0 Å². The third kappa shape index (κ3) is 1.92.